The molecule has 6 heteroatoms. The van der Waals surface area contributed by atoms with Crippen molar-refractivity contribution in [2.45, 2.75) is 32.4 Å². The lowest BCUT2D eigenvalue weighted by Gasteiger charge is -2.23. The second-order valence-electron chi connectivity index (χ2n) is 4.61. The standard InChI is InChI=1S/C11H18N4OS/c1-7(8-3-4-8)15(2)5-9-6-17-11(13-9)10(16)14-12/h6-8H,3-5,12H2,1-2H3,(H,14,16). The minimum atomic E-state index is -0.320. The van der Waals surface area contributed by atoms with E-state index in [4.69, 9.17) is 5.84 Å². The maximum Gasteiger partial charge on any atom is 0.294 e. The van der Waals surface area contributed by atoms with Crippen LogP contribution in [0.1, 0.15) is 35.3 Å². The van der Waals surface area contributed by atoms with Crippen LogP contribution in [0.25, 0.3) is 0 Å². The first-order chi connectivity index (χ1) is 8.11. The molecule has 1 fully saturated rings. The van der Waals surface area contributed by atoms with Crippen molar-refractivity contribution >= 4 is 17.2 Å². The van der Waals surface area contributed by atoms with E-state index >= 15 is 0 Å². The summed E-state index contributed by atoms with van der Waals surface area (Å²) in [5, 5.41) is 2.34. The number of hydrogen-bond acceptors (Lipinski definition) is 5. The Balaban J connectivity index is 1.93. The van der Waals surface area contributed by atoms with Crippen LogP contribution in [0.3, 0.4) is 0 Å². The van der Waals surface area contributed by atoms with Gasteiger partial charge in [0.2, 0.25) is 0 Å². The zero-order valence-corrected chi connectivity index (χ0v) is 11.0. The van der Waals surface area contributed by atoms with Crippen molar-refractivity contribution in [3.63, 3.8) is 0 Å². The Morgan fingerprint density at radius 1 is 1.76 bits per heavy atom. The average molecular weight is 254 g/mol. The SMILES string of the molecule is CC(C1CC1)N(C)Cc1csc(C(=O)NN)n1. The fourth-order valence-corrected chi connectivity index (χ4v) is 2.59. The Kier molecular flexibility index (Phi) is 3.76. The van der Waals surface area contributed by atoms with Gasteiger partial charge < -0.3 is 0 Å². The van der Waals surface area contributed by atoms with Gasteiger partial charge in [-0.15, -0.1) is 11.3 Å². The van der Waals surface area contributed by atoms with Crippen LogP contribution in [-0.4, -0.2) is 28.9 Å². The Bertz CT molecular complexity index is 402. The number of carbonyl (C=O) groups is 1. The van der Waals surface area contributed by atoms with E-state index in [2.05, 4.69) is 29.3 Å². The van der Waals surface area contributed by atoms with Crippen LogP contribution in [-0.2, 0) is 6.54 Å². The molecule has 17 heavy (non-hydrogen) atoms. The summed E-state index contributed by atoms with van der Waals surface area (Å²) in [6, 6.07) is 0.587. The predicted octanol–water partition coefficient (Wildman–Crippen LogP) is 0.977. The van der Waals surface area contributed by atoms with Crippen LogP contribution in [0.2, 0.25) is 0 Å². The third-order valence-electron chi connectivity index (χ3n) is 3.29. The maximum atomic E-state index is 11.3. The van der Waals surface area contributed by atoms with Crippen LogP contribution in [0.5, 0.6) is 0 Å². The molecule has 1 atom stereocenters. The molecule has 0 bridgehead atoms. The van der Waals surface area contributed by atoms with Gasteiger partial charge in [-0.05, 0) is 32.7 Å². The van der Waals surface area contributed by atoms with Gasteiger partial charge in [-0.3, -0.25) is 15.1 Å². The van der Waals surface area contributed by atoms with Gasteiger partial charge in [0.1, 0.15) is 0 Å². The lowest BCUT2D eigenvalue weighted by Crippen LogP contribution is -2.31. The first kappa shape index (κ1) is 12.5. The number of nitrogens with zero attached hydrogens (tertiary/aromatic N) is 2. The van der Waals surface area contributed by atoms with E-state index in [0.29, 0.717) is 11.0 Å². The average Bonchev–Trinajstić information content (AvgIpc) is 3.08. The van der Waals surface area contributed by atoms with E-state index in [0.717, 1.165) is 18.2 Å². The Hall–Kier alpha value is -0.980. The van der Waals surface area contributed by atoms with Crippen molar-refractivity contribution in [1.29, 1.82) is 0 Å². The van der Waals surface area contributed by atoms with Crippen molar-refractivity contribution in [2.24, 2.45) is 11.8 Å². The second-order valence-corrected chi connectivity index (χ2v) is 5.47. The molecule has 1 saturated carbocycles. The third-order valence-corrected chi connectivity index (χ3v) is 4.18. The van der Waals surface area contributed by atoms with Gasteiger partial charge >= 0.3 is 0 Å². The number of hydrazine groups is 1. The van der Waals surface area contributed by atoms with Crippen LogP contribution < -0.4 is 11.3 Å². The van der Waals surface area contributed by atoms with Gasteiger partial charge in [-0.25, -0.2) is 10.8 Å². The molecule has 0 radical (unpaired) electrons. The van der Waals surface area contributed by atoms with E-state index in [-0.39, 0.29) is 5.91 Å². The Morgan fingerprint density at radius 3 is 3.06 bits per heavy atom. The zero-order valence-electron chi connectivity index (χ0n) is 10.1. The monoisotopic (exact) mass is 254 g/mol. The van der Waals surface area contributed by atoms with Crippen molar-refractivity contribution in [1.82, 2.24) is 15.3 Å². The van der Waals surface area contributed by atoms with E-state index in [1.165, 1.54) is 24.2 Å². The fourth-order valence-electron chi connectivity index (χ4n) is 1.88. The van der Waals surface area contributed by atoms with E-state index in [1.54, 1.807) is 0 Å². The summed E-state index contributed by atoms with van der Waals surface area (Å²) in [6.45, 7) is 3.03. The highest BCUT2D eigenvalue weighted by molar-refractivity contribution is 7.11. The first-order valence-electron chi connectivity index (χ1n) is 5.77. The molecule has 1 aliphatic rings. The highest BCUT2D eigenvalue weighted by atomic mass is 32.1. The number of amides is 1. The molecule has 0 aliphatic heterocycles. The van der Waals surface area contributed by atoms with E-state index < -0.39 is 0 Å². The maximum absolute atomic E-state index is 11.3. The highest BCUT2D eigenvalue weighted by Gasteiger charge is 2.30. The normalized spacial score (nSPS) is 17.2. The molecule has 1 aromatic heterocycles. The summed E-state index contributed by atoms with van der Waals surface area (Å²) < 4.78 is 0. The smallest absolute Gasteiger partial charge is 0.294 e. The lowest BCUT2D eigenvalue weighted by atomic mass is 10.2. The molecule has 94 valence electrons. The van der Waals surface area contributed by atoms with Crippen molar-refractivity contribution in [3.05, 3.63) is 16.1 Å². The number of nitrogens with one attached hydrogen (secondary N) is 1. The van der Waals surface area contributed by atoms with Crippen LogP contribution >= 0.6 is 11.3 Å². The quantitative estimate of drug-likeness (QED) is 0.467. The lowest BCUT2D eigenvalue weighted by molar-refractivity contribution is 0.0953. The van der Waals surface area contributed by atoms with Crippen LogP contribution in [0.15, 0.2) is 5.38 Å². The first-order valence-corrected chi connectivity index (χ1v) is 6.65. The highest BCUT2D eigenvalue weighted by Crippen LogP contribution is 2.35. The molecular formula is C11H18N4OS. The minimum Gasteiger partial charge on any atom is -0.298 e. The fraction of sp³-hybridized carbons (Fsp3) is 0.636. The van der Waals surface area contributed by atoms with Crippen molar-refractivity contribution < 1.29 is 4.79 Å². The van der Waals surface area contributed by atoms with E-state index in [9.17, 15) is 4.79 Å². The summed E-state index contributed by atoms with van der Waals surface area (Å²) in [6.07, 6.45) is 2.67. The molecule has 2 rings (SSSR count). The van der Waals surface area contributed by atoms with Crippen molar-refractivity contribution in [2.75, 3.05) is 7.05 Å². The second kappa shape index (κ2) is 5.12. The van der Waals surface area contributed by atoms with Crippen LogP contribution in [0.4, 0.5) is 0 Å². The van der Waals surface area contributed by atoms with Gasteiger partial charge in [-0.2, -0.15) is 0 Å². The van der Waals surface area contributed by atoms with Gasteiger partial charge in [0.15, 0.2) is 5.01 Å². The molecule has 1 unspecified atom stereocenters. The third kappa shape index (κ3) is 3.02. The molecule has 0 spiro atoms. The molecule has 1 aliphatic carbocycles. The summed E-state index contributed by atoms with van der Waals surface area (Å²) in [5.74, 6) is 5.59. The molecular weight excluding hydrogens is 236 g/mol. The number of nitrogens with two attached hydrogens (primary N) is 1. The molecule has 0 aromatic carbocycles. The topological polar surface area (TPSA) is 71.2 Å². The number of carbonyl (C=O) groups excluding carboxylic acids is 1. The van der Waals surface area contributed by atoms with Gasteiger partial charge in [0.05, 0.1) is 5.69 Å². The Labute approximate surface area is 105 Å². The molecule has 5 nitrogen and oxygen atoms in total. The number of hydrogen-bond donors (Lipinski definition) is 2. The number of rotatable bonds is 5. The van der Waals surface area contributed by atoms with Gasteiger partial charge in [0.25, 0.3) is 5.91 Å². The van der Waals surface area contributed by atoms with E-state index in [1.807, 2.05) is 5.38 Å². The minimum absolute atomic E-state index is 0.320. The Morgan fingerprint density at radius 2 is 2.47 bits per heavy atom. The molecule has 1 heterocycles. The van der Waals surface area contributed by atoms with Crippen molar-refractivity contribution in [3.8, 4) is 0 Å². The number of thiazole rings is 1. The predicted molar refractivity (Wildman–Crippen MR) is 67.4 cm³/mol. The summed E-state index contributed by atoms with van der Waals surface area (Å²) in [7, 11) is 2.10. The molecule has 3 N–H and O–H groups in total. The summed E-state index contributed by atoms with van der Waals surface area (Å²) >= 11 is 1.33. The number of aromatic nitrogens is 1. The van der Waals surface area contributed by atoms with Crippen LogP contribution in [0, 0.1) is 5.92 Å². The molecule has 1 amide bonds. The van der Waals surface area contributed by atoms with Gasteiger partial charge in [-0.1, -0.05) is 0 Å². The zero-order chi connectivity index (χ0) is 12.4. The largest absolute Gasteiger partial charge is 0.298 e. The summed E-state index contributed by atoms with van der Waals surface area (Å²) in [5.41, 5.74) is 3.03. The number of nitrogen functional groups attached to an aromatic ring is 1. The molecule has 1 aromatic rings. The molecule has 0 saturated heterocycles. The van der Waals surface area contributed by atoms with Gasteiger partial charge in [0, 0.05) is 18.0 Å². The summed E-state index contributed by atoms with van der Waals surface area (Å²) in [4.78, 5) is 17.8.